The number of nitrogens with zero attached hydrogens (tertiary/aromatic N) is 1. The van der Waals surface area contributed by atoms with Crippen LogP contribution in [0.15, 0.2) is 71.7 Å². The minimum Gasteiger partial charge on any atom is -0.467 e. The number of aryl methyl sites for hydroxylation is 1. The molecule has 10 nitrogen and oxygen atoms in total. The summed E-state index contributed by atoms with van der Waals surface area (Å²) in [6.07, 6.45) is -3.26. The number of urea groups is 1. The molecule has 1 aromatic heterocycles. The molecule has 4 N–H and O–H groups in total. The van der Waals surface area contributed by atoms with Gasteiger partial charge in [0.25, 0.3) is 5.56 Å². The number of pyridine rings is 1. The molecule has 0 spiro atoms. The van der Waals surface area contributed by atoms with E-state index in [0.717, 1.165) is 16.5 Å². The van der Waals surface area contributed by atoms with Gasteiger partial charge < -0.3 is 35.3 Å². The van der Waals surface area contributed by atoms with Crippen LogP contribution in [0, 0.1) is 6.92 Å². The van der Waals surface area contributed by atoms with E-state index >= 15 is 0 Å². The SMILES string of the molecule is CNCc1cc(NC(=O)N(C)C[C@H](C)c2ccc(C(Nc3ccc4cc[nH]c(=O)c4c3)C(=O)OC)cc2C)ccc1OC(F)(F)F. The number of H-pyrrole nitrogens is 1. The molecule has 0 saturated carbocycles. The average Bonchev–Trinajstić information content (AvgIpc) is 3.00. The number of benzene rings is 3. The van der Waals surface area contributed by atoms with E-state index in [-0.39, 0.29) is 29.3 Å². The number of likely N-dealkylation sites (N-methyl/N-ethyl adjacent to an activating group) is 1. The Hall–Kier alpha value is -5.04. The van der Waals surface area contributed by atoms with Crippen LogP contribution >= 0.6 is 0 Å². The molecule has 3 aromatic carbocycles. The van der Waals surface area contributed by atoms with E-state index in [1.165, 1.54) is 30.2 Å². The summed E-state index contributed by atoms with van der Waals surface area (Å²) in [5.41, 5.74) is 3.39. The van der Waals surface area contributed by atoms with Gasteiger partial charge in [-0.15, -0.1) is 13.2 Å². The van der Waals surface area contributed by atoms with Crippen molar-refractivity contribution in [3.8, 4) is 5.75 Å². The predicted molar refractivity (Wildman–Crippen MR) is 170 cm³/mol. The molecule has 1 unspecified atom stereocenters. The number of fused-ring (bicyclic) bond motifs is 1. The third-order valence-corrected chi connectivity index (χ3v) is 7.48. The number of hydrogen-bond acceptors (Lipinski definition) is 7. The highest BCUT2D eigenvalue weighted by Crippen LogP contribution is 2.30. The van der Waals surface area contributed by atoms with E-state index in [1.54, 1.807) is 44.6 Å². The summed E-state index contributed by atoms with van der Waals surface area (Å²) in [6.45, 7) is 4.30. The Labute approximate surface area is 263 Å². The van der Waals surface area contributed by atoms with Gasteiger partial charge in [-0.25, -0.2) is 9.59 Å². The van der Waals surface area contributed by atoms with Crippen LogP contribution in [0.25, 0.3) is 10.8 Å². The average molecular weight is 640 g/mol. The molecule has 2 atom stereocenters. The monoisotopic (exact) mass is 639 g/mol. The molecule has 0 fully saturated rings. The molecule has 4 rings (SSSR count). The van der Waals surface area contributed by atoms with E-state index in [0.29, 0.717) is 28.9 Å². The van der Waals surface area contributed by atoms with Crippen molar-refractivity contribution in [2.75, 3.05) is 38.4 Å². The highest BCUT2D eigenvalue weighted by atomic mass is 19.4. The van der Waals surface area contributed by atoms with Gasteiger partial charge in [-0.05, 0) is 78.4 Å². The Bertz CT molecular complexity index is 1780. The first-order valence-electron chi connectivity index (χ1n) is 14.4. The van der Waals surface area contributed by atoms with Crippen molar-refractivity contribution in [1.29, 1.82) is 0 Å². The number of alkyl halides is 3. The van der Waals surface area contributed by atoms with Gasteiger partial charge in [-0.1, -0.05) is 31.2 Å². The minimum absolute atomic E-state index is 0.103. The molecule has 0 bridgehead atoms. The molecular weight excluding hydrogens is 603 g/mol. The van der Waals surface area contributed by atoms with Gasteiger partial charge >= 0.3 is 18.4 Å². The summed E-state index contributed by atoms with van der Waals surface area (Å²) >= 11 is 0. The first-order chi connectivity index (χ1) is 21.8. The molecule has 0 saturated heterocycles. The van der Waals surface area contributed by atoms with E-state index in [1.807, 2.05) is 32.0 Å². The third kappa shape index (κ3) is 8.36. The van der Waals surface area contributed by atoms with Gasteiger partial charge in [0.15, 0.2) is 6.04 Å². The van der Waals surface area contributed by atoms with Crippen molar-refractivity contribution < 1.29 is 32.2 Å². The summed E-state index contributed by atoms with van der Waals surface area (Å²) in [5.74, 6) is -0.962. The quantitative estimate of drug-likeness (QED) is 0.147. The van der Waals surface area contributed by atoms with E-state index < -0.39 is 24.4 Å². The van der Waals surface area contributed by atoms with Crippen molar-refractivity contribution in [2.45, 2.75) is 38.7 Å². The molecule has 4 aromatic rings. The van der Waals surface area contributed by atoms with Crippen LogP contribution in [0.3, 0.4) is 0 Å². The molecule has 1 heterocycles. The largest absolute Gasteiger partial charge is 0.573 e. The first kappa shape index (κ1) is 33.8. The highest BCUT2D eigenvalue weighted by molar-refractivity contribution is 5.89. The fourth-order valence-corrected chi connectivity index (χ4v) is 5.29. The van der Waals surface area contributed by atoms with E-state index in [4.69, 9.17) is 4.74 Å². The molecule has 0 radical (unpaired) electrons. The first-order valence-corrected chi connectivity index (χ1v) is 14.4. The summed E-state index contributed by atoms with van der Waals surface area (Å²) < 4.78 is 47.5. The number of esters is 1. The van der Waals surface area contributed by atoms with Crippen molar-refractivity contribution in [3.05, 3.63) is 99.5 Å². The minimum atomic E-state index is -4.84. The summed E-state index contributed by atoms with van der Waals surface area (Å²) in [4.78, 5) is 42.2. The van der Waals surface area contributed by atoms with Gasteiger partial charge in [0, 0.05) is 48.7 Å². The molecule has 0 aliphatic carbocycles. The Morgan fingerprint density at radius 2 is 1.76 bits per heavy atom. The van der Waals surface area contributed by atoms with E-state index in [9.17, 15) is 27.6 Å². The van der Waals surface area contributed by atoms with Gasteiger partial charge in [0.05, 0.1) is 7.11 Å². The van der Waals surface area contributed by atoms with Crippen LogP contribution in [0.2, 0.25) is 0 Å². The summed E-state index contributed by atoms with van der Waals surface area (Å²) in [7, 11) is 4.52. The number of methoxy groups -OCH3 is 1. The Kier molecular flexibility index (Phi) is 10.6. The molecular formula is C33H36F3N5O5. The predicted octanol–water partition coefficient (Wildman–Crippen LogP) is 6.05. The van der Waals surface area contributed by atoms with Crippen molar-refractivity contribution in [1.82, 2.24) is 15.2 Å². The number of anilines is 2. The molecule has 0 aliphatic heterocycles. The van der Waals surface area contributed by atoms with Crippen LogP contribution in [0.4, 0.5) is 29.3 Å². The second kappa shape index (κ2) is 14.4. The summed E-state index contributed by atoms with van der Waals surface area (Å²) in [5, 5.41) is 9.95. The lowest BCUT2D eigenvalue weighted by molar-refractivity contribution is -0.274. The third-order valence-electron chi connectivity index (χ3n) is 7.48. The zero-order valence-electron chi connectivity index (χ0n) is 26.0. The normalized spacial score (nSPS) is 12.7. The van der Waals surface area contributed by atoms with E-state index in [2.05, 4.69) is 25.7 Å². The van der Waals surface area contributed by atoms with Gasteiger partial charge in [-0.3, -0.25) is 4.79 Å². The Morgan fingerprint density at radius 3 is 2.43 bits per heavy atom. The lowest BCUT2D eigenvalue weighted by Crippen LogP contribution is -2.34. The number of aromatic amines is 1. The fourth-order valence-electron chi connectivity index (χ4n) is 5.29. The van der Waals surface area contributed by atoms with Crippen LogP contribution in [-0.2, 0) is 16.1 Å². The van der Waals surface area contributed by atoms with Gasteiger partial charge in [0.2, 0.25) is 0 Å². The lowest BCUT2D eigenvalue weighted by Gasteiger charge is -2.25. The molecule has 2 amide bonds. The number of aromatic nitrogens is 1. The second-order valence-electron chi connectivity index (χ2n) is 10.9. The number of rotatable bonds is 11. The lowest BCUT2D eigenvalue weighted by atomic mass is 9.92. The van der Waals surface area contributed by atoms with Crippen LogP contribution < -0.4 is 26.2 Å². The fraction of sp³-hybridized carbons (Fsp3) is 0.303. The molecule has 46 heavy (non-hydrogen) atoms. The molecule has 244 valence electrons. The van der Waals surface area contributed by atoms with Gasteiger partial charge in [0.1, 0.15) is 5.75 Å². The summed E-state index contributed by atoms with van der Waals surface area (Å²) in [6, 6.07) is 15.3. The number of carbonyl (C=O) groups is 2. The number of hydrogen-bond donors (Lipinski definition) is 4. The van der Waals surface area contributed by atoms with Crippen molar-refractivity contribution in [3.63, 3.8) is 0 Å². The smallest absolute Gasteiger partial charge is 0.467 e. The van der Waals surface area contributed by atoms with Crippen molar-refractivity contribution in [2.24, 2.45) is 0 Å². The van der Waals surface area contributed by atoms with Crippen LogP contribution in [-0.4, -0.2) is 56.0 Å². The molecule has 0 aliphatic rings. The maximum atomic E-state index is 13.0. The van der Waals surface area contributed by atoms with Crippen molar-refractivity contribution >= 4 is 34.1 Å². The number of nitrogens with one attached hydrogen (secondary N) is 4. The topological polar surface area (TPSA) is 125 Å². The second-order valence-corrected chi connectivity index (χ2v) is 10.9. The van der Waals surface area contributed by atoms with Crippen LogP contribution in [0.1, 0.15) is 41.1 Å². The zero-order valence-corrected chi connectivity index (χ0v) is 26.0. The standard InChI is InChI=1S/C33H36F3N5O5/c1-19-14-22(29(31(43)45-5)39-25-8-6-21-12-13-38-30(42)27(21)16-25)7-10-26(19)20(2)18-41(4)32(44)40-24-9-11-28(46-33(34,35)36)23(15-24)17-37-3/h6-16,20,29,37,39H,17-18H2,1-5H3,(H,38,42)(H,40,44)/t20-,29?/m0/s1. The maximum absolute atomic E-state index is 13.0. The number of halogens is 3. The Balaban J connectivity index is 1.46. The molecule has 13 heteroatoms. The van der Waals surface area contributed by atoms with Gasteiger partial charge in [-0.2, -0.15) is 0 Å². The number of ether oxygens (including phenoxy) is 2. The highest BCUT2D eigenvalue weighted by Gasteiger charge is 2.32. The number of carbonyl (C=O) groups excluding carboxylic acids is 2. The Morgan fingerprint density at radius 1 is 1.02 bits per heavy atom. The number of amides is 2. The van der Waals surface area contributed by atoms with Crippen LogP contribution in [0.5, 0.6) is 5.75 Å². The zero-order chi connectivity index (χ0) is 33.6. The maximum Gasteiger partial charge on any atom is 0.573 e.